The van der Waals surface area contributed by atoms with E-state index in [9.17, 15) is 14.4 Å². The summed E-state index contributed by atoms with van der Waals surface area (Å²) in [6.07, 6.45) is 1.47. The molecule has 14 heavy (non-hydrogen) atoms. The summed E-state index contributed by atoms with van der Waals surface area (Å²) in [5.41, 5.74) is 9.84. The maximum Gasteiger partial charge on any atom is 0.240 e. The minimum absolute atomic E-state index is 0.211. The van der Waals surface area contributed by atoms with Crippen LogP contribution in [-0.2, 0) is 14.4 Å². The number of hydrogen-bond acceptors (Lipinski definition) is 4. The number of thioether (sulfide) groups is 1. The quantitative estimate of drug-likeness (QED) is 0.488. The molecule has 1 unspecified atom stereocenters. The highest BCUT2D eigenvalue weighted by molar-refractivity contribution is 7.99. The Morgan fingerprint density at radius 2 is 1.93 bits per heavy atom. The number of carbonyl (C=O) groups excluding carboxylic acids is 3. The van der Waals surface area contributed by atoms with E-state index in [1.54, 1.807) is 6.26 Å². The van der Waals surface area contributed by atoms with Crippen LogP contribution in [0.15, 0.2) is 0 Å². The van der Waals surface area contributed by atoms with Crippen molar-refractivity contribution in [1.82, 2.24) is 5.32 Å². The molecule has 0 aromatic heterocycles. The zero-order chi connectivity index (χ0) is 11.1. The average Bonchev–Trinajstić information content (AvgIpc) is 2.02. The molecule has 0 spiro atoms. The van der Waals surface area contributed by atoms with Crippen LogP contribution in [0, 0.1) is 0 Å². The third kappa shape index (κ3) is 5.41. The lowest BCUT2D eigenvalue weighted by atomic mass is 10.2. The number of carbonyl (C=O) groups is 3. The Kier molecular flexibility index (Phi) is 5.70. The van der Waals surface area contributed by atoms with E-state index in [1.807, 2.05) is 0 Å². The second kappa shape index (κ2) is 6.25. The monoisotopic (exact) mass is 219 g/mol. The van der Waals surface area contributed by atoms with E-state index in [-0.39, 0.29) is 18.1 Å². The lowest BCUT2D eigenvalue weighted by molar-refractivity contribution is -0.128. The van der Waals surface area contributed by atoms with Crippen molar-refractivity contribution in [2.24, 2.45) is 11.5 Å². The van der Waals surface area contributed by atoms with Gasteiger partial charge in [-0.25, -0.2) is 0 Å². The van der Waals surface area contributed by atoms with Crippen LogP contribution >= 0.6 is 11.8 Å². The number of nitrogens with two attached hydrogens (primary N) is 2. The van der Waals surface area contributed by atoms with Gasteiger partial charge in [0.25, 0.3) is 0 Å². The summed E-state index contributed by atoms with van der Waals surface area (Å²) in [6.45, 7) is 0. The summed E-state index contributed by atoms with van der Waals surface area (Å²) < 4.78 is 0. The van der Waals surface area contributed by atoms with Crippen LogP contribution in [0.1, 0.15) is 6.42 Å². The van der Waals surface area contributed by atoms with Crippen LogP contribution < -0.4 is 16.8 Å². The molecular weight excluding hydrogens is 206 g/mol. The van der Waals surface area contributed by atoms with E-state index >= 15 is 0 Å². The molecule has 1 atom stereocenters. The molecule has 5 N–H and O–H groups in total. The lowest BCUT2D eigenvalue weighted by Gasteiger charge is -2.12. The van der Waals surface area contributed by atoms with Crippen LogP contribution in [0.2, 0.25) is 0 Å². The van der Waals surface area contributed by atoms with E-state index < -0.39 is 17.9 Å². The van der Waals surface area contributed by atoms with Gasteiger partial charge < -0.3 is 16.8 Å². The summed E-state index contributed by atoms with van der Waals surface area (Å²) in [7, 11) is 0. The number of amides is 3. The Hall–Kier alpha value is -1.24. The molecule has 0 aliphatic carbocycles. The molecular formula is C7H13N3O3S. The predicted molar refractivity (Wildman–Crippen MR) is 53.3 cm³/mol. The molecule has 6 nitrogen and oxygen atoms in total. The first-order chi connectivity index (χ1) is 6.47. The summed E-state index contributed by atoms with van der Waals surface area (Å²) >= 11 is 1.30. The van der Waals surface area contributed by atoms with E-state index in [2.05, 4.69) is 5.32 Å². The van der Waals surface area contributed by atoms with Gasteiger partial charge in [0.2, 0.25) is 17.7 Å². The minimum atomic E-state index is -1.01. The van der Waals surface area contributed by atoms with Crippen molar-refractivity contribution < 1.29 is 14.4 Å². The largest absolute Gasteiger partial charge is 0.370 e. The fraction of sp³-hybridized carbons (Fsp3) is 0.571. The van der Waals surface area contributed by atoms with Crippen molar-refractivity contribution >= 4 is 29.5 Å². The fourth-order valence-corrected chi connectivity index (χ4v) is 1.14. The number of hydrogen-bond donors (Lipinski definition) is 3. The van der Waals surface area contributed by atoms with Crippen molar-refractivity contribution in [2.75, 3.05) is 12.0 Å². The van der Waals surface area contributed by atoms with E-state index in [1.165, 1.54) is 11.8 Å². The van der Waals surface area contributed by atoms with Gasteiger partial charge in [0.1, 0.15) is 6.04 Å². The maximum atomic E-state index is 11.0. The predicted octanol–water partition coefficient (Wildman–Crippen LogP) is -1.81. The standard InChI is InChI=1S/C7H13N3O3S/c1-14-3-6(12)10-4(7(9)13)2-5(8)11/h4H,2-3H2,1H3,(H2,8,11)(H2,9,13)(H,10,12). The first-order valence-electron chi connectivity index (χ1n) is 3.83. The highest BCUT2D eigenvalue weighted by Gasteiger charge is 2.19. The first-order valence-corrected chi connectivity index (χ1v) is 5.22. The van der Waals surface area contributed by atoms with Gasteiger partial charge in [-0.15, -0.1) is 0 Å². The molecule has 0 aliphatic rings. The average molecular weight is 219 g/mol. The molecule has 0 rings (SSSR count). The normalized spacial score (nSPS) is 11.8. The second-order valence-electron chi connectivity index (χ2n) is 2.63. The van der Waals surface area contributed by atoms with Gasteiger partial charge in [0.15, 0.2) is 0 Å². The van der Waals surface area contributed by atoms with Crippen LogP contribution in [0.4, 0.5) is 0 Å². The van der Waals surface area contributed by atoms with Gasteiger partial charge in [-0.05, 0) is 6.26 Å². The molecule has 0 aromatic rings. The SMILES string of the molecule is CSCC(=O)NC(CC(N)=O)C(N)=O. The summed E-state index contributed by atoms with van der Waals surface area (Å²) in [5, 5.41) is 2.31. The van der Waals surface area contributed by atoms with Gasteiger partial charge in [-0.1, -0.05) is 0 Å². The molecule has 3 amide bonds. The van der Waals surface area contributed by atoms with Crippen LogP contribution in [0.3, 0.4) is 0 Å². The first kappa shape index (κ1) is 12.8. The number of primary amides is 2. The molecule has 0 radical (unpaired) electrons. The van der Waals surface area contributed by atoms with Crippen molar-refractivity contribution in [3.63, 3.8) is 0 Å². The summed E-state index contributed by atoms with van der Waals surface area (Å²) in [4.78, 5) is 32.3. The highest BCUT2D eigenvalue weighted by Crippen LogP contribution is 1.94. The van der Waals surface area contributed by atoms with Crippen molar-refractivity contribution in [3.05, 3.63) is 0 Å². The summed E-state index contributed by atoms with van der Waals surface area (Å²) in [6, 6.07) is -1.01. The Balaban J connectivity index is 4.16. The Labute approximate surface area is 85.8 Å². The Morgan fingerprint density at radius 1 is 1.36 bits per heavy atom. The van der Waals surface area contributed by atoms with Crippen molar-refractivity contribution in [2.45, 2.75) is 12.5 Å². The molecule has 0 saturated heterocycles. The van der Waals surface area contributed by atoms with Gasteiger partial charge >= 0.3 is 0 Å². The molecule has 0 aliphatic heterocycles. The van der Waals surface area contributed by atoms with Gasteiger partial charge in [0.05, 0.1) is 12.2 Å². The smallest absolute Gasteiger partial charge is 0.240 e. The van der Waals surface area contributed by atoms with Crippen molar-refractivity contribution in [3.8, 4) is 0 Å². The van der Waals surface area contributed by atoms with E-state index in [0.29, 0.717) is 0 Å². The maximum absolute atomic E-state index is 11.0. The van der Waals surface area contributed by atoms with Gasteiger partial charge in [0, 0.05) is 0 Å². The molecule has 80 valence electrons. The third-order valence-corrected chi connectivity index (χ3v) is 1.91. The highest BCUT2D eigenvalue weighted by atomic mass is 32.2. The number of rotatable bonds is 6. The third-order valence-electron chi connectivity index (χ3n) is 1.36. The fourth-order valence-electron chi connectivity index (χ4n) is 0.791. The molecule has 0 heterocycles. The van der Waals surface area contributed by atoms with Gasteiger partial charge in [-0.2, -0.15) is 11.8 Å². The summed E-state index contributed by atoms with van der Waals surface area (Å²) in [5.74, 6) is -1.58. The van der Waals surface area contributed by atoms with E-state index in [4.69, 9.17) is 11.5 Å². The van der Waals surface area contributed by atoms with Crippen molar-refractivity contribution in [1.29, 1.82) is 0 Å². The molecule has 0 fully saturated rings. The lowest BCUT2D eigenvalue weighted by Crippen LogP contribution is -2.47. The minimum Gasteiger partial charge on any atom is -0.370 e. The molecule has 0 saturated carbocycles. The Morgan fingerprint density at radius 3 is 2.29 bits per heavy atom. The topological polar surface area (TPSA) is 115 Å². The molecule has 7 heteroatoms. The van der Waals surface area contributed by atoms with Crippen LogP contribution in [0.25, 0.3) is 0 Å². The molecule has 0 bridgehead atoms. The second-order valence-corrected chi connectivity index (χ2v) is 3.49. The van der Waals surface area contributed by atoms with E-state index in [0.717, 1.165) is 0 Å². The zero-order valence-corrected chi connectivity index (χ0v) is 8.60. The van der Waals surface area contributed by atoms with Crippen LogP contribution in [0.5, 0.6) is 0 Å². The van der Waals surface area contributed by atoms with Crippen LogP contribution in [-0.4, -0.2) is 35.8 Å². The Bertz CT molecular complexity index is 244. The number of nitrogens with one attached hydrogen (secondary N) is 1. The van der Waals surface area contributed by atoms with Gasteiger partial charge in [-0.3, -0.25) is 14.4 Å². The molecule has 0 aromatic carbocycles. The zero-order valence-electron chi connectivity index (χ0n) is 7.78.